The number of hydrogen-bond donors (Lipinski definition) is 1. The Kier molecular flexibility index (Phi) is 2.37. The summed E-state index contributed by atoms with van der Waals surface area (Å²) >= 11 is 0. The van der Waals surface area contributed by atoms with Crippen molar-refractivity contribution < 1.29 is 9.15 Å². The number of anilines is 1. The highest BCUT2D eigenvalue weighted by molar-refractivity contribution is 5.82. The number of fused-ring (bicyclic) bond motifs is 1. The van der Waals surface area contributed by atoms with Gasteiger partial charge in [-0.2, -0.15) is 0 Å². The van der Waals surface area contributed by atoms with Crippen LogP contribution < -0.4 is 10.5 Å². The second-order valence-electron chi connectivity index (χ2n) is 3.83. The molecule has 0 fully saturated rings. The third-order valence-corrected chi connectivity index (χ3v) is 2.61. The van der Waals surface area contributed by atoms with Crippen LogP contribution in [0.4, 0.5) is 5.69 Å². The number of para-hydroxylation sites is 1. The monoisotopic (exact) mass is 241 g/mol. The maximum atomic E-state index is 5.69. The summed E-state index contributed by atoms with van der Waals surface area (Å²) in [5.41, 5.74) is 8.37. The standard InChI is InChI=1S/C13H11N3O2/c1-17-10-3-2-4-11-12(10)16-13(18-11)8-5-9(14)7-15-6-8/h2-7H,14H2,1H3. The number of rotatable bonds is 2. The first-order chi connectivity index (χ1) is 8.78. The number of ether oxygens (including phenoxy) is 1. The minimum Gasteiger partial charge on any atom is -0.494 e. The molecule has 5 nitrogen and oxygen atoms in total. The molecule has 0 atom stereocenters. The normalized spacial score (nSPS) is 10.7. The van der Waals surface area contributed by atoms with Crippen LogP contribution in [0.2, 0.25) is 0 Å². The summed E-state index contributed by atoms with van der Waals surface area (Å²) in [6.07, 6.45) is 3.24. The van der Waals surface area contributed by atoms with E-state index in [1.165, 1.54) is 0 Å². The summed E-state index contributed by atoms with van der Waals surface area (Å²) in [7, 11) is 1.60. The molecule has 0 aliphatic rings. The van der Waals surface area contributed by atoms with Gasteiger partial charge in [-0.05, 0) is 18.2 Å². The van der Waals surface area contributed by atoms with Crippen molar-refractivity contribution >= 4 is 16.8 Å². The fourth-order valence-corrected chi connectivity index (χ4v) is 1.79. The first-order valence-corrected chi connectivity index (χ1v) is 5.42. The molecule has 2 N–H and O–H groups in total. The lowest BCUT2D eigenvalue weighted by Gasteiger charge is -1.96. The van der Waals surface area contributed by atoms with E-state index in [-0.39, 0.29) is 0 Å². The van der Waals surface area contributed by atoms with Gasteiger partial charge in [0, 0.05) is 12.4 Å². The van der Waals surface area contributed by atoms with Gasteiger partial charge in [0.25, 0.3) is 0 Å². The highest BCUT2D eigenvalue weighted by Crippen LogP contribution is 2.29. The van der Waals surface area contributed by atoms with Crippen LogP contribution in [-0.2, 0) is 0 Å². The van der Waals surface area contributed by atoms with Gasteiger partial charge in [-0.25, -0.2) is 4.98 Å². The van der Waals surface area contributed by atoms with E-state index in [4.69, 9.17) is 14.9 Å². The van der Waals surface area contributed by atoms with Crippen LogP contribution in [0.3, 0.4) is 0 Å². The predicted octanol–water partition coefficient (Wildman–Crippen LogP) is 2.48. The molecule has 0 amide bonds. The average molecular weight is 241 g/mol. The van der Waals surface area contributed by atoms with Gasteiger partial charge >= 0.3 is 0 Å². The predicted molar refractivity (Wildman–Crippen MR) is 68.2 cm³/mol. The van der Waals surface area contributed by atoms with Crippen molar-refractivity contribution in [1.29, 1.82) is 0 Å². The lowest BCUT2D eigenvalue weighted by molar-refractivity contribution is 0.419. The number of oxazole rings is 1. The van der Waals surface area contributed by atoms with Crippen LogP contribution in [-0.4, -0.2) is 17.1 Å². The molecule has 0 bridgehead atoms. The van der Waals surface area contributed by atoms with E-state index >= 15 is 0 Å². The Morgan fingerprint density at radius 3 is 2.94 bits per heavy atom. The molecule has 18 heavy (non-hydrogen) atoms. The molecule has 0 aliphatic carbocycles. The molecule has 5 heteroatoms. The molecule has 1 aromatic carbocycles. The SMILES string of the molecule is COc1cccc2oc(-c3cncc(N)c3)nc12. The molecule has 3 aromatic rings. The molecule has 0 spiro atoms. The summed E-state index contributed by atoms with van der Waals surface area (Å²) in [5, 5.41) is 0. The van der Waals surface area contributed by atoms with Crippen molar-refractivity contribution in [1.82, 2.24) is 9.97 Å². The summed E-state index contributed by atoms with van der Waals surface area (Å²) in [4.78, 5) is 8.42. The maximum absolute atomic E-state index is 5.69. The van der Waals surface area contributed by atoms with Crippen molar-refractivity contribution in [3.8, 4) is 17.2 Å². The van der Waals surface area contributed by atoms with Crippen LogP contribution in [0.5, 0.6) is 5.75 Å². The lowest BCUT2D eigenvalue weighted by Crippen LogP contribution is -1.87. The number of pyridine rings is 1. The van der Waals surface area contributed by atoms with Gasteiger partial charge in [-0.15, -0.1) is 0 Å². The Bertz CT molecular complexity index is 706. The number of nitrogen functional groups attached to an aromatic ring is 1. The zero-order valence-electron chi connectivity index (χ0n) is 9.75. The number of nitrogens with zero attached hydrogens (tertiary/aromatic N) is 2. The molecular weight excluding hydrogens is 230 g/mol. The second-order valence-corrected chi connectivity index (χ2v) is 3.83. The van der Waals surface area contributed by atoms with Crippen LogP contribution in [0, 0.1) is 0 Å². The molecular formula is C13H11N3O2. The average Bonchev–Trinajstić information content (AvgIpc) is 2.82. The smallest absolute Gasteiger partial charge is 0.229 e. The first-order valence-electron chi connectivity index (χ1n) is 5.42. The maximum Gasteiger partial charge on any atom is 0.229 e. The molecule has 0 aliphatic heterocycles. The minimum absolute atomic E-state index is 0.481. The third-order valence-electron chi connectivity index (χ3n) is 2.61. The van der Waals surface area contributed by atoms with Crippen molar-refractivity contribution in [3.05, 3.63) is 36.7 Å². The summed E-state index contributed by atoms with van der Waals surface area (Å²) in [5.74, 6) is 1.16. The highest BCUT2D eigenvalue weighted by atomic mass is 16.5. The van der Waals surface area contributed by atoms with Gasteiger partial charge in [0.2, 0.25) is 5.89 Å². The molecule has 2 aromatic heterocycles. The van der Waals surface area contributed by atoms with E-state index < -0.39 is 0 Å². The van der Waals surface area contributed by atoms with Gasteiger partial charge in [-0.1, -0.05) is 6.07 Å². The molecule has 0 radical (unpaired) electrons. The van der Waals surface area contributed by atoms with Gasteiger partial charge in [-0.3, -0.25) is 4.98 Å². The van der Waals surface area contributed by atoms with Gasteiger partial charge in [0.05, 0.1) is 18.4 Å². The fourth-order valence-electron chi connectivity index (χ4n) is 1.79. The first kappa shape index (κ1) is 10.6. The van der Waals surface area contributed by atoms with Gasteiger partial charge in [0.1, 0.15) is 5.75 Å². The summed E-state index contributed by atoms with van der Waals surface area (Å²) in [6, 6.07) is 7.30. The molecule has 90 valence electrons. The van der Waals surface area contributed by atoms with E-state index in [9.17, 15) is 0 Å². The number of nitrogens with two attached hydrogens (primary N) is 1. The molecule has 2 heterocycles. The zero-order valence-corrected chi connectivity index (χ0v) is 9.75. The number of aromatic nitrogens is 2. The fraction of sp³-hybridized carbons (Fsp3) is 0.0769. The quantitative estimate of drug-likeness (QED) is 0.746. The molecule has 3 rings (SSSR count). The van der Waals surface area contributed by atoms with Crippen molar-refractivity contribution in [2.24, 2.45) is 0 Å². The Labute approximate surface area is 103 Å². The topological polar surface area (TPSA) is 74.2 Å². The number of benzene rings is 1. The van der Waals surface area contributed by atoms with E-state index in [2.05, 4.69) is 9.97 Å². The van der Waals surface area contributed by atoms with Crippen LogP contribution in [0.1, 0.15) is 0 Å². The Morgan fingerprint density at radius 1 is 1.28 bits per heavy atom. The van der Waals surface area contributed by atoms with E-state index in [1.54, 1.807) is 25.6 Å². The molecule has 0 saturated heterocycles. The van der Waals surface area contributed by atoms with Gasteiger partial charge in [0.15, 0.2) is 11.1 Å². The number of hydrogen-bond acceptors (Lipinski definition) is 5. The van der Waals surface area contributed by atoms with Gasteiger partial charge < -0.3 is 14.9 Å². The van der Waals surface area contributed by atoms with Crippen LogP contribution in [0.25, 0.3) is 22.6 Å². The van der Waals surface area contributed by atoms with Crippen molar-refractivity contribution in [2.75, 3.05) is 12.8 Å². The Hall–Kier alpha value is -2.56. The molecule has 0 saturated carbocycles. The number of methoxy groups -OCH3 is 1. The van der Waals surface area contributed by atoms with E-state index in [0.717, 1.165) is 5.56 Å². The van der Waals surface area contributed by atoms with Crippen molar-refractivity contribution in [2.45, 2.75) is 0 Å². The van der Waals surface area contributed by atoms with E-state index in [0.29, 0.717) is 28.4 Å². The Morgan fingerprint density at radius 2 is 2.17 bits per heavy atom. The van der Waals surface area contributed by atoms with Crippen LogP contribution >= 0.6 is 0 Å². The second kappa shape index (κ2) is 4.03. The van der Waals surface area contributed by atoms with Crippen molar-refractivity contribution in [3.63, 3.8) is 0 Å². The summed E-state index contributed by atoms with van der Waals surface area (Å²) < 4.78 is 10.9. The Balaban J connectivity index is 2.19. The minimum atomic E-state index is 0.481. The van der Waals surface area contributed by atoms with E-state index in [1.807, 2.05) is 18.2 Å². The third kappa shape index (κ3) is 1.66. The highest BCUT2D eigenvalue weighted by Gasteiger charge is 2.12. The summed E-state index contributed by atoms with van der Waals surface area (Å²) in [6.45, 7) is 0. The zero-order chi connectivity index (χ0) is 12.5. The van der Waals surface area contributed by atoms with Crippen LogP contribution in [0.15, 0.2) is 41.1 Å². The molecule has 0 unspecified atom stereocenters. The largest absolute Gasteiger partial charge is 0.494 e. The lowest BCUT2D eigenvalue weighted by atomic mass is 10.2.